The smallest absolute Gasteiger partial charge is 0.132 e. The summed E-state index contributed by atoms with van der Waals surface area (Å²) >= 11 is 5.82. The second kappa shape index (κ2) is 6.31. The van der Waals surface area contributed by atoms with Crippen molar-refractivity contribution in [1.29, 1.82) is 0 Å². The Hall–Kier alpha value is -1.48. The molecule has 20 heavy (non-hydrogen) atoms. The first-order chi connectivity index (χ1) is 9.85. The molecule has 0 N–H and O–H groups in total. The molecule has 0 saturated heterocycles. The van der Waals surface area contributed by atoms with E-state index in [1.165, 1.54) is 25.7 Å². The largest absolute Gasteiger partial charge is 0.487 e. The SMILES string of the molecule is ClCc1cccc(OCc2ccn(C3CCCC3)n2)c1. The molecule has 1 aromatic carbocycles. The maximum atomic E-state index is 5.82. The second-order valence-electron chi connectivity index (χ2n) is 5.30. The van der Waals surface area contributed by atoms with E-state index in [9.17, 15) is 0 Å². The Morgan fingerprint density at radius 2 is 2.10 bits per heavy atom. The van der Waals surface area contributed by atoms with Crippen molar-refractivity contribution in [2.75, 3.05) is 0 Å². The van der Waals surface area contributed by atoms with E-state index in [-0.39, 0.29) is 0 Å². The predicted molar refractivity (Wildman–Crippen MR) is 80.1 cm³/mol. The Morgan fingerprint density at radius 3 is 2.90 bits per heavy atom. The molecule has 0 atom stereocenters. The lowest BCUT2D eigenvalue weighted by molar-refractivity contribution is 0.297. The van der Waals surface area contributed by atoms with Crippen molar-refractivity contribution in [2.45, 2.75) is 44.2 Å². The molecule has 0 spiro atoms. The number of ether oxygens (including phenoxy) is 1. The van der Waals surface area contributed by atoms with Crippen LogP contribution >= 0.6 is 11.6 Å². The van der Waals surface area contributed by atoms with Gasteiger partial charge in [-0.05, 0) is 36.6 Å². The number of rotatable bonds is 5. The van der Waals surface area contributed by atoms with Gasteiger partial charge in [0.15, 0.2) is 0 Å². The zero-order chi connectivity index (χ0) is 13.8. The Balaban J connectivity index is 1.60. The molecule has 0 bridgehead atoms. The zero-order valence-electron chi connectivity index (χ0n) is 11.5. The van der Waals surface area contributed by atoms with E-state index in [0.717, 1.165) is 17.0 Å². The minimum atomic E-state index is 0.505. The Labute approximate surface area is 124 Å². The highest BCUT2D eigenvalue weighted by Crippen LogP contribution is 2.28. The summed E-state index contributed by atoms with van der Waals surface area (Å²) in [4.78, 5) is 0. The summed E-state index contributed by atoms with van der Waals surface area (Å²) in [6.45, 7) is 0.505. The van der Waals surface area contributed by atoms with E-state index in [0.29, 0.717) is 18.5 Å². The van der Waals surface area contributed by atoms with E-state index in [4.69, 9.17) is 16.3 Å². The Morgan fingerprint density at radius 1 is 1.25 bits per heavy atom. The van der Waals surface area contributed by atoms with Gasteiger partial charge in [0.25, 0.3) is 0 Å². The first-order valence-electron chi connectivity index (χ1n) is 7.17. The molecule has 1 aromatic heterocycles. The lowest BCUT2D eigenvalue weighted by Crippen LogP contribution is -2.06. The lowest BCUT2D eigenvalue weighted by atomic mass is 10.2. The van der Waals surface area contributed by atoms with Crippen LogP contribution < -0.4 is 4.74 Å². The van der Waals surface area contributed by atoms with Crippen LogP contribution in [0.3, 0.4) is 0 Å². The van der Waals surface area contributed by atoms with E-state index in [1.54, 1.807) is 0 Å². The van der Waals surface area contributed by atoms with Crippen LogP contribution in [0.15, 0.2) is 36.5 Å². The molecule has 1 saturated carbocycles. The monoisotopic (exact) mass is 290 g/mol. The minimum absolute atomic E-state index is 0.505. The first kappa shape index (κ1) is 13.5. The van der Waals surface area contributed by atoms with E-state index in [1.807, 2.05) is 30.3 Å². The Kier molecular flexibility index (Phi) is 4.26. The van der Waals surface area contributed by atoms with Gasteiger partial charge in [0.05, 0.1) is 11.7 Å². The molecule has 106 valence electrons. The average molecular weight is 291 g/mol. The van der Waals surface area contributed by atoms with Crippen LogP contribution in [-0.2, 0) is 12.5 Å². The molecule has 3 nitrogen and oxygen atoms in total. The van der Waals surface area contributed by atoms with Crippen molar-refractivity contribution in [2.24, 2.45) is 0 Å². The molecule has 2 aromatic rings. The molecule has 4 heteroatoms. The van der Waals surface area contributed by atoms with Crippen molar-refractivity contribution in [3.8, 4) is 5.75 Å². The molecular weight excluding hydrogens is 272 g/mol. The summed E-state index contributed by atoms with van der Waals surface area (Å²) in [5.74, 6) is 1.35. The maximum absolute atomic E-state index is 5.82. The number of hydrogen-bond acceptors (Lipinski definition) is 2. The van der Waals surface area contributed by atoms with Crippen LogP contribution in [0.2, 0.25) is 0 Å². The first-order valence-corrected chi connectivity index (χ1v) is 7.70. The third-order valence-electron chi connectivity index (χ3n) is 3.80. The highest BCUT2D eigenvalue weighted by molar-refractivity contribution is 6.17. The van der Waals surface area contributed by atoms with E-state index < -0.39 is 0 Å². The minimum Gasteiger partial charge on any atom is -0.487 e. The number of nitrogens with zero attached hydrogens (tertiary/aromatic N) is 2. The number of alkyl halides is 1. The molecule has 1 aliphatic carbocycles. The summed E-state index contributed by atoms with van der Waals surface area (Å²) < 4.78 is 7.87. The fourth-order valence-electron chi connectivity index (χ4n) is 2.70. The summed E-state index contributed by atoms with van der Waals surface area (Å²) in [6.07, 6.45) is 7.21. The summed E-state index contributed by atoms with van der Waals surface area (Å²) in [5.41, 5.74) is 2.05. The van der Waals surface area contributed by atoms with Crippen LogP contribution in [0.5, 0.6) is 5.75 Å². The van der Waals surface area contributed by atoms with Gasteiger partial charge in [-0.1, -0.05) is 25.0 Å². The van der Waals surface area contributed by atoms with Crippen LogP contribution in [0, 0.1) is 0 Å². The van der Waals surface area contributed by atoms with E-state index >= 15 is 0 Å². The molecule has 0 amide bonds. The van der Waals surface area contributed by atoms with Crippen LogP contribution in [-0.4, -0.2) is 9.78 Å². The fourth-order valence-corrected chi connectivity index (χ4v) is 2.87. The zero-order valence-corrected chi connectivity index (χ0v) is 12.2. The van der Waals surface area contributed by atoms with Crippen LogP contribution in [0.25, 0.3) is 0 Å². The summed E-state index contributed by atoms with van der Waals surface area (Å²) in [7, 11) is 0. The average Bonchev–Trinajstić information content (AvgIpc) is 3.16. The number of benzene rings is 1. The molecule has 0 aliphatic heterocycles. The molecule has 0 unspecified atom stereocenters. The number of halogens is 1. The molecule has 0 radical (unpaired) electrons. The fraction of sp³-hybridized carbons (Fsp3) is 0.438. The second-order valence-corrected chi connectivity index (χ2v) is 5.56. The van der Waals surface area contributed by atoms with Crippen molar-refractivity contribution < 1.29 is 4.74 Å². The highest BCUT2D eigenvalue weighted by atomic mass is 35.5. The van der Waals surface area contributed by atoms with Crippen LogP contribution in [0.1, 0.15) is 43.0 Å². The van der Waals surface area contributed by atoms with Gasteiger partial charge in [0.2, 0.25) is 0 Å². The molecule has 3 rings (SSSR count). The lowest BCUT2D eigenvalue weighted by Gasteiger charge is -2.09. The quantitative estimate of drug-likeness (QED) is 0.767. The third-order valence-corrected chi connectivity index (χ3v) is 4.11. The molecular formula is C16H19ClN2O. The number of aromatic nitrogens is 2. The maximum Gasteiger partial charge on any atom is 0.132 e. The van der Waals surface area contributed by atoms with Gasteiger partial charge in [-0.15, -0.1) is 11.6 Å². The summed E-state index contributed by atoms with van der Waals surface area (Å²) in [5, 5.41) is 4.62. The normalized spacial score (nSPS) is 15.7. The van der Waals surface area contributed by atoms with Gasteiger partial charge in [-0.25, -0.2) is 0 Å². The van der Waals surface area contributed by atoms with Gasteiger partial charge < -0.3 is 4.74 Å². The van der Waals surface area contributed by atoms with Gasteiger partial charge in [0, 0.05) is 12.1 Å². The van der Waals surface area contributed by atoms with Gasteiger partial charge >= 0.3 is 0 Å². The van der Waals surface area contributed by atoms with Gasteiger partial charge in [-0.3, -0.25) is 4.68 Å². The topological polar surface area (TPSA) is 27.1 Å². The van der Waals surface area contributed by atoms with Crippen molar-refractivity contribution in [3.05, 3.63) is 47.8 Å². The van der Waals surface area contributed by atoms with Crippen molar-refractivity contribution in [3.63, 3.8) is 0 Å². The molecule has 1 fully saturated rings. The van der Waals surface area contributed by atoms with Gasteiger partial charge in [-0.2, -0.15) is 5.10 Å². The van der Waals surface area contributed by atoms with Crippen molar-refractivity contribution in [1.82, 2.24) is 9.78 Å². The Bertz CT molecular complexity index is 561. The number of hydrogen-bond donors (Lipinski definition) is 0. The standard InChI is InChI=1S/C16H19ClN2O/c17-11-13-4-3-7-16(10-13)20-12-14-8-9-19(18-14)15-5-1-2-6-15/h3-4,7-10,15H,1-2,5-6,11-12H2. The predicted octanol–water partition coefficient (Wildman–Crippen LogP) is 4.32. The van der Waals surface area contributed by atoms with E-state index in [2.05, 4.69) is 16.0 Å². The third kappa shape index (κ3) is 3.15. The highest BCUT2D eigenvalue weighted by Gasteiger charge is 2.17. The summed E-state index contributed by atoms with van der Waals surface area (Å²) in [6, 6.07) is 10.5. The molecule has 1 aliphatic rings. The van der Waals surface area contributed by atoms with Crippen LogP contribution in [0.4, 0.5) is 0 Å². The van der Waals surface area contributed by atoms with Crippen molar-refractivity contribution >= 4 is 11.6 Å². The molecule has 1 heterocycles. The van der Waals surface area contributed by atoms with Gasteiger partial charge in [0.1, 0.15) is 12.4 Å².